The highest BCUT2D eigenvalue weighted by Crippen LogP contribution is 2.21. The van der Waals surface area contributed by atoms with Crippen molar-refractivity contribution >= 4 is 23.9 Å². The van der Waals surface area contributed by atoms with Crippen molar-refractivity contribution in [3.63, 3.8) is 0 Å². The Morgan fingerprint density at radius 3 is 2.14 bits per heavy atom. The van der Waals surface area contributed by atoms with Gasteiger partial charge in [-0.3, -0.25) is 9.59 Å². The van der Waals surface area contributed by atoms with Crippen molar-refractivity contribution in [1.82, 2.24) is 15.5 Å². The molecule has 10 nitrogen and oxygen atoms in total. The first-order valence-electron chi connectivity index (χ1n) is 11.3. The van der Waals surface area contributed by atoms with Gasteiger partial charge < -0.3 is 30.1 Å². The van der Waals surface area contributed by atoms with Gasteiger partial charge in [0.15, 0.2) is 0 Å². The number of hydrogen-bond donors (Lipinski definition) is 3. The molecule has 0 aliphatic carbocycles. The number of esters is 1. The zero-order valence-electron chi connectivity index (χ0n) is 19.4. The molecule has 0 bridgehead atoms. The number of likely N-dealkylation sites (tertiary alicyclic amines) is 1. The summed E-state index contributed by atoms with van der Waals surface area (Å²) >= 11 is 0. The maximum Gasteiger partial charge on any atom is 0.407 e. The molecule has 3 atom stereocenters. The second-order valence-electron chi connectivity index (χ2n) is 8.19. The molecule has 1 aliphatic rings. The van der Waals surface area contributed by atoms with Crippen molar-refractivity contribution in [2.45, 2.75) is 44.7 Å². The third-order valence-electron chi connectivity index (χ3n) is 5.41. The number of nitrogens with zero attached hydrogens (tertiary/aromatic N) is 1. The van der Waals surface area contributed by atoms with Gasteiger partial charge in [0, 0.05) is 13.0 Å². The molecule has 0 unspecified atom stereocenters. The highest BCUT2D eigenvalue weighted by molar-refractivity contribution is 5.92. The Balaban J connectivity index is 1.44. The first-order valence-corrected chi connectivity index (χ1v) is 11.3. The van der Waals surface area contributed by atoms with E-state index in [1.54, 1.807) is 12.1 Å². The fraction of sp³-hybridized carbons (Fsp3) is 0.360. The summed E-state index contributed by atoms with van der Waals surface area (Å²) in [5.74, 6) is -1.77. The monoisotopic (exact) mass is 483 g/mol. The van der Waals surface area contributed by atoms with Crippen LogP contribution in [-0.2, 0) is 37.1 Å². The van der Waals surface area contributed by atoms with Crippen molar-refractivity contribution in [3.8, 4) is 0 Å². The van der Waals surface area contributed by atoms with Gasteiger partial charge in [-0.25, -0.2) is 9.59 Å². The third-order valence-corrected chi connectivity index (χ3v) is 5.41. The van der Waals surface area contributed by atoms with Gasteiger partial charge in [0.1, 0.15) is 31.8 Å². The van der Waals surface area contributed by atoms with Crippen LogP contribution in [0.5, 0.6) is 0 Å². The van der Waals surface area contributed by atoms with Crippen LogP contribution in [0.15, 0.2) is 60.7 Å². The largest absolute Gasteiger partial charge is 0.459 e. The number of rotatable bonds is 9. The zero-order chi connectivity index (χ0) is 25.2. The van der Waals surface area contributed by atoms with Crippen molar-refractivity contribution < 1.29 is 33.8 Å². The molecule has 3 amide bonds. The molecule has 186 valence electrons. The number of aliphatic hydroxyl groups excluding tert-OH is 1. The molecule has 0 saturated carbocycles. The predicted molar refractivity (Wildman–Crippen MR) is 125 cm³/mol. The minimum Gasteiger partial charge on any atom is -0.459 e. The van der Waals surface area contributed by atoms with Crippen LogP contribution >= 0.6 is 0 Å². The van der Waals surface area contributed by atoms with Crippen molar-refractivity contribution in [1.29, 1.82) is 0 Å². The van der Waals surface area contributed by atoms with Gasteiger partial charge in [-0.2, -0.15) is 0 Å². The first-order chi connectivity index (χ1) is 16.8. The van der Waals surface area contributed by atoms with Gasteiger partial charge in [0.2, 0.25) is 11.8 Å². The lowest BCUT2D eigenvalue weighted by Crippen LogP contribution is -2.52. The Bertz CT molecular complexity index is 1020. The minimum absolute atomic E-state index is 0.0474. The van der Waals surface area contributed by atoms with E-state index in [0.29, 0.717) is 0 Å². The fourth-order valence-electron chi connectivity index (χ4n) is 3.64. The summed E-state index contributed by atoms with van der Waals surface area (Å²) in [6.45, 7) is 1.13. The van der Waals surface area contributed by atoms with E-state index in [9.17, 15) is 24.3 Å². The molecule has 0 spiro atoms. The summed E-state index contributed by atoms with van der Waals surface area (Å²) in [6.07, 6.45) is -1.60. The van der Waals surface area contributed by atoms with E-state index in [1.165, 1.54) is 11.8 Å². The Hall–Kier alpha value is -3.92. The molecule has 0 aromatic heterocycles. The smallest absolute Gasteiger partial charge is 0.407 e. The van der Waals surface area contributed by atoms with Crippen LogP contribution in [0.2, 0.25) is 0 Å². The number of carbonyl (C=O) groups is 4. The number of β-amino-alcohol motifs (C(OH)–C–C–N with tert-alkyl or cyclic N) is 1. The van der Waals surface area contributed by atoms with Crippen LogP contribution in [0.1, 0.15) is 24.5 Å². The molecule has 1 saturated heterocycles. The van der Waals surface area contributed by atoms with Crippen LogP contribution in [-0.4, -0.2) is 65.2 Å². The molecule has 1 heterocycles. The third kappa shape index (κ3) is 7.82. The molecule has 10 heteroatoms. The van der Waals surface area contributed by atoms with Crippen LogP contribution in [0.25, 0.3) is 0 Å². The lowest BCUT2D eigenvalue weighted by Gasteiger charge is -2.26. The normalized spacial score (nSPS) is 17.8. The Morgan fingerprint density at radius 1 is 0.971 bits per heavy atom. The number of carbonyl (C=O) groups excluding carboxylic acids is 4. The van der Waals surface area contributed by atoms with Crippen molar-refractivity contribution in [3.05, 3.63) is 71.8 Å². The number of amides is 3. The summed E-state index contributed by atoms with van der Waals surface area (Å²) < 4.78 is 10.4. The van der Waals surface area contributed by atoms with Gasteiger partial charge in [-0.05, 0) is 18.1 Å². The standard InChI is InChI=1S/C25H29N3O7/c1-17(27-22(30)13-26-25(33)35-16-19-10-6-3-7-11-19)23(31)28-14-20(29)12-21(28)24(32)34-15-18-8-4-2-5-9-18/h2-11,17,20-21,29H,12-16H2,1H3,(H,26,33)(H,27,30)/t17-,20+,21-/m0/s1. The van der Waals surface area contributed by atoms with E-state index < -0.39 is 48.6 Å². The van der Waals surface area contributed by atoms with Gasteiger partial charge in [-0.15, -0.1) is 0 Å². The van der Waals surface area contributed by atoms with E-state index in [4.69, 9.17) is 9.47 Å². The zero-order valence-corrected chi connectivity index (χ0v) is 19.4. The van der Waals surface area contributed by atoms with E-state index in [-0.39, 0.29) is 26.2 Å². The lowest BCUT2D eigenvalue weighted by molar-refractivity contribution is -0.155. The van der Waals surface area contributed by atoms with E-state index >= 15 is 0 Å². The average Bonchev–Trinajstić information content (AvgIpc) is 3.27. The maximum atomic E-state index is 12.9. The van der Waals surface area contributed by atoms with Gasteiger partial charge >= 0.3 is 12.1 Å². The van der Waals surface area contributed by atoms with Crippen molar-refractivity contribution in [2.75, 3.05) is 13.1 Å². The second-order valence-corrected chi connectivity index (χ2v) is 8.19. The van der Waals surface area contributed by atoms with Crippen molar-refractivity contribution in [2.24, 2.45) is 0 Å². The van der Waals surface area contributed by atoms with Gasteiger partial charge in [0.25, 0.3) is 0 Å². The Labute approximate surface area is 203 Å². The Morgan fingerprint density at radius 2 is 1.54 bits per heavy atom. The molecule has 1 fully saturated rings. The number of nitrogens with one attached hydrogen (secondary N) is 2. The first kappa shape index (κ1) is 25.7. The van der Waals surface area contributed by atoms with E-state index in [0.717, 1.165) is 11.1 Å². The molecule has 0 radical (unpaired) electrons. The van der Waals surface area contributed by atoms with Gasteiger partial charge in [0.05, 0.1) is 6.10 Å². The maximum absolute atomic E-state index is 12.9. The summed E-state index contributed by atoms with van der Waals surface area (Å²) in [5.41, 5.74) is 1.60. The van der Waals surface area contributed by atoms with E-state index in [1.807, 2.05) is 48.5 Å². The molecule has 2 aromatic carbocycles. The molecular weight excluding hydrogens is 454 g/mol. The number of benzene rings is 2. The SMILES string of the molecule is C[C@H](NC(=O)CNC(=O)OCc1ccccc1)C(=O)N1C[C@H](O)C[C@H]1C(=O)OCc1ccccc1. The summed E-state index contributed by atoms with van der Waals surface area (Å²) in [5, 5.41) is 14.8. The second kappa shape index (κ2) is 12.5. The fourth-order valence-corrected chi connectivity index (χ4v) is 3.64. The van der Waals surface area contributed by atoms with Crippen LogP contribution in [0.4, 0.5) is 4.79 Å². The summed E-state index contributed by atoms with van der Waals surface area (Å²) in [4.78, 5) is 50.7. The molecule has 3 rings (SSSR count). The molecule has 35 heavy (non-hydrogen) atoms. The molecule has 1 aliphatic heterocycles. The topological polar surface area (TPSA) is 134 Å². The number of alkyl carbamates (subject to hydrolysis) is 1. The van der Waals surface area contributed by atoms with Crippen LogP contribution < -0.4 is 10.6 Å². The minimum atomic E-state index is -0.987. The highest BCUT2D eigenvalue weighted by atomic mass is 16.5. The number of hydrogen-bond acceptors (Lipinski definition) is 7. The lowest BCUT2D eigenvalue weighted by atomic mass is 10.2. The summed E-state index contributed by atoms with van der Waals surface area (Å²) in [7, 11) is 0. The van der Waals surface area contributed by atoms with Crippen LogP contribution in [0.3, 0.4) is 0 Å². The predicted octanol–water partition coefficient (Wildman–Crippen LogP) is 1.12. The molecule has 2 aromatic rings. The molecule has 3 N–H and O–H groups in total. The summed E-state index contributed by atoms with van der Waals surface area (Å²) in [6, 6.07) is 16.2. The average molecular weight is 484 g/mol. The van der Waals surface area contributed by atoms with Crippen LogP contribution in [0, 0.1) is 0 Å². The Kier molecular flexibility index (Phi) is 9.19. The number of ether oxygens (including phenoxy) is 2. The molecular formula is C25H29N3O7. The van der Waals surface area contributed by atoms with E-state index in [2.05, 4.69) is 10.6 Å². The highest BCUT2D eigenvalue weighted by Gasteiger charge is 2.41. The van der Waals surface area contributed by atoms with Gasteiger partial charge in [-0.1, -0.05) is 60.7 Å². The number of aliphatic hydroxyl groups is 1. The quantitative estimate of drug-likeness (QED) is 0.455.